The molecule has 0 spiro atoms. The van der Waals surface area contributed by atoms with Gasteiger partial charge in [0.1, 0.15) is 0 Å². The van der Waals surface area contributed by atoms with E-state index in [2.05, 4.69) is 37.9 Å². The number of methoxy groups -OCH3 is 1. The van der Waals surface area contributed by atoms with Crippen molar-refractivity contribution >= 4 is 0 Å². The monoisotopic (exact) mass is 242 g/mol. The number of piperazine rings is 1. The second-order valence-corrected chi connectivity index (χ2v) is 6.46. The summed E-state index contributed by atoms with van der Waals surface area (Å²) in [6.45, 7) is 14.8. The van der Waals surface area contributed by atoms with Crippen LogP contribution in [0.15, 0.2) is 0 Å². The predicted molar refractivity (Wildman–Crippen MR) is 73.4 cm³/mol. The topological polar surface area (TPSA) is 24.5 Å². The first-order valence-corrected chi connectivity index (χ1v) is 6.87. The summed E-state index contributed by atoms with van der Waals surface area (Å²) >= 11 is 0. The highest BCUT2D eigenvalue weighted by molar-refractivity contribution is 4.91. The van der Waals surface area contributed by atoms with Crippen LogP contribution in [0.2, 0.25) is 0 Å². The summed E-state index contributed by atoms with van der Waals surface area (Å²) in [5.74, 6) is 0. The lowest BCUT2D eigenvalue weighted by Crippen LogP contribution is -2.59. The van der Waals surface area contributed by atoms with Crippen LogP contribution in [0.4, 0.5) is 0 Å². The smallest absolute Gasteiger partial charge is 0.0467 e. The summed E-state index contributed by atoms with van der Waals surface area (Å²) < 4.78 is 5.20. The lowest BCUT2D eigenvalue weighted by molar-refractivity contribution is 0.0775. The number of hydrogen-bond donors (Lipinski definition) is 1. The lowest BCUT2D eigenvalue weighted by Gasteiger charge is -2.43. The van der Waals surface area contributed by atoms with Crippen molar-refractivity contribution in [1.29, 1.82) is 0 Å². The van der Waals surface area contributed by atoms with Crippen LogP contribution in [0.3, 0.4) is 0 Å². The minimum absolute atomic E-state index is 0.301. The maximum Gasteiger partial charge on any atom is 0.0467 e. The van der Waals surface area contributed by atoms with Crippen molar-refractivity contribution in [3.8, 4) is 0 Å². The molecule has 1 rings (SSSR count). The van der Waals surface area contributed by atoms with Crippen LogP contribution in [0, 0.1) is 5.41 Å². The molecular weight excluding hydrogens is 212 g/mol. The van der Waals surface area contributed by atoms with Crippen molar-refractivity contribution in [2.24, 2.45) is 5.41 Å². The summed E-state index contributed by atoms with van der Waals surface area (Å²) in [4.78, 5) is 2.61. The van der Waals surface area contributed by atoms with Gasteiger partial charge in [0.15, 0.2) is 0 Å². The Labute approximate surface area is 107 Å². The zero-order valence-corrected chi connectivity index (χ0v) is 12.3. The average Bonchev–Trinajstić information content (AvgIpc) is 2.26. The van der Waals surface area contributed by atoms with E-state index < -0.39 is 0 Å². The molecule has 0 aromatic rings. The molecule has 1 atom stereocenters. The molecule has 102 valence electrons. The standard InChI is InChI=1S/C14H30N2O/c1-6-14(4)12-16(9-8-15-14)11-13(2,3)7-10-17-5/h15H,6-12H2,1-5H3. The average molecular weight is 242 g/mol. The molecule has 0 amide bonds. The SMILES string of the molecule is CCC1(C)CN(CC(C)(C)CCOC)CCN1. The lowest BCUT2D eigenvalue weighted by atomic mass is 9.87. The molecule has 1 aliphatic rings. The summed E-state index contributed by atoms with van der Waals surface area (Å²) in [6.07, 6.45) is 2.33. The van der Waals surface area contributed by atoms with E-state index in [0.29, 0.717) is 11.0 Å². The van der Waals surface area contributed by atoms with Gasteiger partial charge in [-0.25, -0.2) is 0 Å². The van der Waals surface area contributed by atoms with E-state index in [9.17, 15) is 0 Å². The van der Waals surface area contributed by atoms with Crippen molar-refractivity contribution < 1.29 is 4.74 Å². The maximum absolute atomic E-state index is 5.20. The van der Waals surface area contributed by atoms with Crippen molar-refractivity contribution in [3.05, 3.63) is 0 Å². The van der Waals surface area contributed by atoms with Crippen LogP contribution in [-0.4, -0.2) is 50.3 Å². The number of nitrogens with zero attached hydrogens (tertiary/aromatic N) is 1. The second-order valence-electron chi connectivity index (χ2n) is 6.46. The highest BCUT2D eigenvalue weighted by Crippen LogP contribution is 2.24. The Balaban J connectivity index is 2.45. The Hall–Kier alpha value is -0.120. The summed E-state index contributed by atoms with van der Waals surface area (Å²) in [6, 6.07) is 0. The van der Waals surface area contributed by atoms with Gasteiger partial charge in [-0.05, 0) is 25.2 Å². The Morgan fingerprint density at radius 3 is 2.71 bits per heavy atom. The van der Waals surface area contributed by atoms with Gasteiger partial charge < -0.3 is 10.1 Å². The van der Waals surface area contributed by atoms with Crippen LogP contribution < -0.4 is 5.32 Å². The first-order chi connectivity index (χ1) is 7.91. The van der Waals surface area contributed by atoms with Crippen LogP contribution >= 0.6 is 0 Å². The van der Waals surface area contributed by atoms with Crippen molar-refractivity contribution in [2.45, 2.75) is 46.1 Å². The fraction of sp³-hybridized carbons (Fsp3) is 1.00. The molecule has 0 aromatic carbocycles. The molecule has 1 saturated heterocycles. The Morgan fingerprint density at radius 1 is 1.41 bits per heavy atom. The van der Waals surface area contributed by atoms with Gasteiger partial charge in [0, 0.05) is 45.4 Å². The summed E-state index contributed by atoms with van der Waals surface area (Å²) in [5, 5.41) is 3.64. The maximum atomic E-state index is 5.20. The largest absolute Gasteiger partial charge is 0.385 e. The fourth-order valence-corrected chi connectivity index (χ4v) is 2.58. The zero-order chi connectivity index (χ0) is 12.9. The normalized spacial score (nSPS) is 27.4. The van der Waals surface area contributed by atoms with Crippen LogP contribution in [0.1, 0.15) is 40.5 Å². The summed E-state index contributed by atoms with van der Waals surface area (Å²) in [5.41, 5.74) is 0.650. The molecule has 0 bridgehead atoms. The van der Waals surface area contributed by atoms with Gasteiger partial charge in [0.2, 0.25) is 0 Å². The molecule has 1 fully saturated rings. The van der Waals surface area contributed by atoms with Gasteiger partial charge in [-0.1, -0.05) is 20.8 Å². The highest BCUT2D eigenvalue weighted by Gasteiger charge is 2.31. The van der Waals surface area contributed by atoms with Crippen molar-refractivity contribution in [1.82, 2.24) is 10.2 Å². The van der Waals surface area contributed by atoms with Gasteiger partial charge in [0.05, 0.1) is 0 Å². The van der Waals surface area contributed by atoms with E-state index in [1.807, 2.05) is 0 Å². The van der Waals surface area contributed by atoms with Crippen molar-refractivity contribution in [3.63, 3.8) is 0 Å². The molecule has 0 aromatic heterocycles. The van der Waals surface area contributed by atoms with E-state index in [-0.39, 0.29) is 0 Å². The van der Waals surface area contributed by atoms with Gasteiger partial charge in [0.25, 0.3) is 0 Å². The van der Waals surface area contributed by atoms with Gasteiger partial charge >= 0.3 is 0 Å². The van der Waals surface area contributed by atoms with Crippen LogP contribution in [-0.2, 0) is 4.74 Å². The summed E-state index contributed by atoms with van der Waals surface area (Å²) in [7, 11) is 1.79. The molecule has 3 heteroatoms. The van der Waals surface area contributed by atoms with Gasteiger partial charge in [-0.15, -0.1) is 0 Å². The number of hydrogen-bond acceptors (Lipinski definition) is 3. The predicted octanol–water partition coefficient (Wildman–Crippen LogP) is 2.12. The molecule has 1 aliphatic heterocycles. The van der Waals surface area contributed by atoms with E-state index in [4.69, 9.17) is 4.74 Å². The Kier molecular flexibility index (Phi) is 5.42. The first-order valence-electron chi connectivity index (χ1n) is 6.87. The van der Waals surface area contributed by atoms with E-state index in [1.165, 1.54) is 26.1 Å². The molecule has 1 heterocycles. The molecule has 3 nitrogen and oxygen atoms in total. The Bertz CT molecular complexity index is 230. The quantitative estimate of drug-likeness (QED) is 0.772. The van der Waals surface area contributed by atoms with Crippen LogP contribution in [0.5, 0.6) is 0 Å². The molecule has 0 radical (unpaired) electrons. The van der Waals surface area contributed by atoms with E-state index >= 15 is 0 Å². The Morgan fingerprint density at radius 2 is 2.12 bits per heavy atom. The van der Waals surface area contributed by atoms with E-state index in [0.717, 1.165) is 19.6 Å². The molecule has 17 heavy (non-hydrogen) atoms. The van der Waals surface area contributed by atoms with E-state index in [1.54, 1.807) is 7.11 Å². The first kappa shape index (κ1) is 14.9. The zero-order valence-electron chi connectivity index (χ0n) is 12.3. The third-order valence-corrected chi connectivity index (χ3v) is 3.97. The molecule has 0 saturated carbocycles. The molecule has 0 aliphatic carbocycles. The number of rotatable bonds is 6. The number of ether oxygens (including phenoxy) is 1. The molecular formula is C14H30N2O. The third-order valence-electron chi connectivity index (χ3n) is 3.97. The fourth-order valence-electron chi connectivity index (χ4n) is 2.58. The third kappa shape index (κ3) is 4.94. The minimum Gasteiger partial charge on any atom is -0.385 e. The minimum atomic E-state index is 0.301. The van der Waals surface area contributed by atoms with Gasteiger partial charge in [-0.3, -0.25) is 4.90 Å². The van der Waals surface area contributed by atoms with Gasteiger partial charge in [-0.2, -0.15) is 0 Å². The molecule has 1 N–H and O–H groups in total. The second kappa shape index (κ2) is 6.17. The molecule has 1 unspecified atom stereocenters. The number of nitrogens with one attached hydrogen (secondary N) is 1. The van der Waals surface area contributed by atoms with Crippen LogP contribution in [0.25, 0.3) is 0 Å². The highest BCUT2D eigenvalue weighted by atomic mass is 16.5. The van der Waals surface area contributed by atoms with Crippen molar-refractivity contribution in [2.75, 3.05) is 39.9 Å².